The second kappa shape index (κ2) is 9.42. The summed E-state index contributed by atoms with van der Waals surface area (Å²) in [6.07, 6.45) is 4.35. The number of carboxylic acids is 1. The highest BCUT2D eigenvalue weighted by Crippen LogP contribution is 2.40. The highest BCUT2D eigenvalue weighted by Gasteiger charge is 2.37. The number of nitrogens with one attached hydrogen (secondary N) is 2. The molecule has 3 N–H and O–H groups in total. The van der Waals surface area contributed by atoms with E-state index in [4.69, 9.17) is 9.84 Å². The molecule has 25 heavy (non-hydrogen) atoms. The van der Waals surface area contributed by atoms with E-state index in [1.54, 1.807) is 7.11 Å². The lowest BCUT2D eigenvalue weighted by molar-refractivity contribution is -0.137. The van der Waals surface area contributed by atoms with Gasteiger partial charge in [0, 0.05) is 31.5 Å². The molecule has 1 aliphatic rings. The van der Waals surface area contributed by atoms with E-state index in [0.717, 1.165) is 18.4 Å². The molecule has 0 spiro atoms. The molecule has 2 rings (SSSR count). The minimum Gasteiger partial charge on any atom is -0.481 e. The Morgan fingerprint density at radius 3 is 2.56 bits per heavy atom. The van der Waals surface area contributed by atoms with Crippen molar-refractivity contribution in [2.45, 2.75) is 44.6 Å². The molecule has 0 bridgehead atoms. The summed E-state index contributed by atoms with van der Waals surface area (Å²) in [5.41, 5.74) is 1.13. The Labute approximate surface area is 149 Å². The molecule has 2 amide bonds. The first-order valence-corrected chi connectivity index (χ1v) is 8.82. The van der Waals surface area contributed by atoms with Crippen LogP contribution in [0.5, 0.6) is 0 Å². The van der Waals surface area contributed by atoms with E-state index in [0.29, 0.717) is 26.0 Å². The Hall–Kier alpha value is -2.08. The Kier molecular flexibility index (Phi) is 7.25. The molecule has 1 saturated carbocycles. The normalized spacial score (nSPS) is 16.5. The van der Waals surface area contributed by atoms with Crippen molar-refractivity contribution >= 4 is 12.0 Å². The minimum absolute atomic E-state index is 0.0331. The van der Waals surface area contributed by atoms with Gasteiger partial charge in [0.05, 0.1) is 6.61 Å². The number of ether oxygens (including phenoxy) is 1. The van der Waals surface area contributed by atoms with Crippen LogP contribution in [0.4, 0.5) is 4.79 Å². The van der Waals surface area contributed by atoms with Gasteiger partial charge in [-0.15, -0.1) is 0 Å². The predicted octanol–water partition coefficient (Wildman–Crippen LogP) is 2.58. The van der Waals surface area contributed by atoms with Gasteiger partial charge in [0.25, 0.3) is 0 Å². The maximum Gasteiger partial charge on any atom is 0.315 e. The van der Waals surface area contributed by atoms with Crippen LogP contribution in [-0.4, -0.2) is 43.4 Å². The number of benzene rings is 1. The molecule has 1 aliphatic carbocycles. The molecule has 1 atom stereocenters. The third-order valence-electron chi connectivity index (χ3n) is 4.86. The first kappa shape index (κ1) is 19.2. The minimum atomic E-state index is -0.853. The summed E-state index contributed by atoms with van der Waals surface area (Å²) in [4.78, 5) is 23.1. The third kappa shape index (κ3) is 6.38. The number of carbonyl (C=O) groups is 2. The molecule has 0 heterocycles. The summed E-state index contributed by atoms with van der Waals surface area (Å²) >= 11 is 0. The van der Waals surface area contributed by atoms with Gasteiger partial charge in [-0.2, -0.15) is 0 Å². The number of aliphatic carboxylic acids is 1. The summed E-state index contributed by atoms with van der Waals surface area (Å²) in [6, 6.07) is 9.32. The number of carboxylic acid groups (broad SMARTS) is 1. The van der Waals surface area contributed by atoms with Gasteiger partial charge in [0.1, 0.15) is 0 Å². The monoisotopic (exact) mass is 348 g/mol. The number of hydrogen-bond donors (Lipinski definition) is 3. The van der Waals surface area contributed by atoms with Crippen molar-refractivity contribution in [1.29, 1.82) is 0 Å². The molecular weight excluding hydrogens is 320 g/mol. The zero-order chi connectivity index (χ0) is 18.1. The maximum atomic E-state index is 12.3. The second-order valence-corrected chi connectivity index (χ2v) is 6.93. The van der Waals surface area contributed by atoms with E-state index in [1.807, 2.05) is 30.3 Å². The number of carbonyl (C=O) groups excluding carboxylic acids is 1. The van der Waals surface area contributed by atoms with E-state index in [2.05, 4.69) is 10.6 Å². The molecule has 1 unspecified atom stereocenters. The van der Waals surface area contributed by atoms with Crippen molar-refractivity contribution in [3.63, 3.8) is 0 Å². The van der Waals surface area contributed by atoms with Gasteiger partial charge in [0.15, 0.2) is 0 Å². The molecule has 1 aromatic carbocycles. The fourth-order valence-corrected chi connectivity index (χ4v) is 3.28. The van der Waals surface area contributed by atoms with Gasteiger partial charge in [-0.1, -0.05) is 36.8 Å². The Morgan fingerprint density at radius 2 is 2.00 bits per heavy atom. The first-order chi connectivity index (χ1) is 12.0. The molecule has 0 aromatic heterocycles. The van der Waals surface area contributed by atoms with Crippen molar-refractivity contribution in [1.82, 2.24) is 10.6 Å². The fraction of sp³-hybridized carbons (Fsp3) is 0.579. The van der Waals surface area contributed by atoms with Crippen molar-refractivity contribution < 1.29 is 19.4 Å². The molecule has 138 valence electrons. The summed E-state index contributed by atoms with van der Waals surface area (Å²) in [6.45, 7) is 1.24. The lowest BCUT2D eigenvalue weighted by Crippen LogP contribution is -2.50. The molecule has 0 aliphatic heterocycles. The van der Waals surface area contributed by atoms with E-state index < -0.39 is 5.97 Å². The Bertz CT molecular complexity index is 558. The number of urea groups is 1. The van der Waals surface area contributed by atoms with E-state index in [-0.39, 0.29) is 23.9 Å². The van der Waals surface area contributed by atoms with Gasteiger partial charge in [-0.05, 0) is 31.2 Å². The molecule has 0 saturated heterocycles. The highest BCUT2D eigenvalue weighted by molar-refractivity contribution is 5.74. The predicted molar refractivity (Wildman–Crippen MR) is 95.5 cm³/mol. The lowest BCUT2D eigenvalue weighted by atomic mass is 9.69. The summed E-state index contributed by atoms with van der Waals surface area (Å²) in [5.74, 6) is -0.853. The standard InChI is InChI=1S/C19H28N2O4/c1-25-14-19(10-5-11-19)13-20-18(24)21-16(8-9-17(22)23)12-15-6-3-2-4-7-15/h2-4,6-7,16H,5,8-14H2,1H3,(H,22,23)(H2,20,21,24). The van der Waals surface area contributed by atoms with Gasteiger partial charge in [-0.3, -0.25) is 4.79 Å². The summed E-state index contributed by atoms with van der Waals surface area (Å²) < 4.78 is 5.27. The average Bonchev–Trinajstić information content (AvgIpc) is 2.56. The molecule has 1 aromatic rings. The van der Waals surface area contributed by atoms with E-state index >= 15 is 0 Å². The van der Waals surface area contributed by atoms with Gasteiger partial charge < -0.3 is 20.5 Å². The highest BCUT2D eigenvalue weighted by atomic mass is 16.5. The fourth-order valence-electron chi connectivity index (χ4n) is 3.28. The van der Waals surface area contributed by atoms with Gasteiger partial charge in [-0.25, -0.2) is 4.79 Å². The van der Waals surface area contributed by atoms with Gasteiger partial charge >= 0.3 is 12.0 Å². The smallest absolute Gasteiger partial charge is 0.315 e. The lowest BCUT2D eigenvalue weighted by Gasteiger charge is -2.41. The average molecular weight is 348 g/mol. The van der Waals surface area contributed by atoms with Gasteiger partial charge in [0.2, 0.25) is 0 Å². The van der Waals surface area contributed by atoms with Crippen LogP contribution in [0, 0.1) is 5.41 Å². The number of hydrogen-bond acceptors (Lipinski definition) is 3. The van der Waals surface area contributed by atoms with Crippen LogP contribution >= 0.6 is 0 Å². The third-order valence-corrected chi connectivity index (χ3v) is 4.86. The Morgan fingerprint density at radius 1 is 1.28 bits per heavy atom. The van der Waals surface area contributed by atoms with Crippen molar-refractivity contribution in [2.75, 3.05) is 20.3 Å². The van der Waals surface area contributed by atoms with Crippen LogP contribution in [-0.2, 0) is 16.0 Å². The number of rotatable bonds is 10. The number of methoxy groups -OCH3 is 1. The van der Waals surface area contributed by atoms with Crippen LogP contribution in [0.3, 0.4) is 0 Å². The zero-order valence-electron chi connectivity index (χ0n) is 14.8. The first-order valence-electron chi connectivity index (χ1n) is 8.82. The largest absolute Gasteiger partial charge is 0.481 e. The summed E-state index contributed by atoms with van der Waals surface area (Å²) in [7, 11) is 1.68. The quantitative estimate of drug-likeness (QED) is 0.606. The topological polar surface area (TPSA) is 87.7 Å². The SMILES string of the molecule is COCC1(CNC(=O)NC(CCC(=O)O)Cc2ccccc2)CCC1. The van der Waals surface area contributed by atoms with Crippen molar-refractivity contribution in [2.24, 2.45) is 5.41 Å². The van der Waals surface area contributed by atoms with E-state index in [9.17, 15) is 9.59 Å². The van der Waals surface area contributed by atoms with Crippen LogP contribution in [0.25, 0.3) is 0 Å². The zero-order valence-corrected chi connectivity index (χ0v) is 14.8. The second-order valence-electron chi connectivity index (χ2n) is 6.93. The maximum absolute atomic E-state index is 12.3. The molecular formula is C19H28N2O4. The van der Waals surface area contributed by atoms with E-state index in [1.165, 1.54) is 6.42 Å². The molecule has 6 heteroatoms. The molecule has 6 nitrogen and oxygen atoms in total. The van der Waals surface area contributed by atoms with Crippen molar-refractivity contribution in [3.8, 4) is 0 Å². The van der Waals surface area contributed by atoms with Crippen LogP contribution in [0.2, 0.25) is 0 Å². The Balaban J connectivity index is 1.86. The summed E-state index contributed by atoms with van der Waals surface area (Å²) in [5, 5.41) is 14.8. The number of amides is 2. The van der Waals surface area contributed by atoms with Crippen molar-refractivity contribution in [3.05, 3.63) is 35.9 Å². The van der Waals surface area contributed by atoms with Crippen LogP contribution in [0.1, 0.15) is 37.7 Å². The van der Waals surface area contributed by atoms with Crippen LogP contribution < -0.4 is 10.6 Å². The molecule has 0 radical (unpaired) electrons. The van der Waals surface area contributed by atoms with Crippen LogP contribution in [0.15, 0.2) is 30.3 Å². The molecule has 1 fully saturated rings.